The molecule has 0 aliphatic rings. The summed E-state index contributed by atoms with van der Waals surface area (Å²) < 4.78 is 58.0. The molecule has 0 spiro atoms. The van der Waals surface area contributed by atoms with Gasteiger partial charge in [0.2, 0.25) is 0 Å². The van der Waals surface area contributed by atoms with E-state index < -0.39 is 21.7 Å². The molecule has 2 aromatic carbocycles. The van der Waals surface area contributed by atoms with Crippen molar-refractivity contribution in [2.45, 2.75) is 9.79 Å². The third-order valence-corrected chi connectivity index (χ3v) is 5.45. The Labute approximate surface area is 174 Å². The van der Waals surface area contributed by atoms with Gasteiger partial charge in [-0.2, -0.15) is 9.98 Å². The Balaban J connectivity index is 2.57. The number of nitrogens with zero attached hydrogens (tertiary/aromatic N) is 2. The summed E-state index contributed by atoms with van der Waals surface area (Å²) in [5.74, 6) is 0. The first-order valence-corrected chi connectivity index (χ1v) is 11.0. The maximum atomic E-state index is 9.67. The van der Waals surface area contributed by atoms with Gasteiger partial charge >= 0.3 is 0 Å². The van der Waals surface area contributed by atoms with Gasteiger partial charge in [-0.05, 0) is 59.8 Å². The first-order chi connectivity index (χ1) is 13.1. The van der Waals surface area contributed by atoms with Crippen molar-refractivity contribution >= 4 is 80.0 Å². The minimum atomic E-state index is -4.08. The maximum absolute atomic E-state index is 9.67. The van der Waals surface area contributed by atoms with Gasteiger partial charge in [0.15, 0.2) is 0 Å². The summed E-state index contributed by atoms with van der Waals surface area (Å²) in [6.07, 6.45) is 2.77. The van der Waals surface area contributed by atoms with Crippen LogP contribution in [0.2, 0.25) is 0 Å². The van der Waals surface area contributed by atoms with E-state index >= 15 is 0 Å². The van der Waals surface area contributed by atoms with Gasteiger partial charge in [-0.3, -0.25) is 0 Å². The van der Waals surface area contributed by atoms with Crippen LogP contribution < -0.4 is 0 Å². The summed E-state index contributed by atoms with van der Waals surface area (Å²) in [6.45, 7) is 0. The Morgan fingerprint density at radius 3 is 1.32 bits per heavy atom. The molecule has 0 radical (unpaired) electrons. The minimum Gasteiger partial charge on any atom is -0.304 e. The predicted octanol–water partition coefficient (Wildman–Crippen LogP) is 6.49. The van der Waals surface area contributed by atoms with Gasteiger partial charge in [0.1, 0.15) is 21.7 Å². The van der Waals surface area contributed by atoms with Gasteiger partial charge in [-0.1, -0.05) is 24.3 Å². The summed E-state index contributed by atoms with van der Waals surface area (Å²) >= 11 is 9.00. The Hall–Kier alpha value is -1.76. The van der Waals surface area contributed by atoms with E-state index in [9.17, 15) is 27.3 Å². The third kappa shape index (κ3) is 5.87. The molecule has 0 amide bonds. The average Bonchev–Trinajstić information content (AvgIpc) is 2.60. The molecule has 0 fully saturated rings. The molecule has 148 valence electrons. The van der Waals surface area contributed by atoms with E-state index in [1.54, 1.807) is 0 Å². The molecule has 0 bridgehead atoms. The molecule has 0 aliphatic heterocycles. The molecular weight excluding hydrogens is 444 g/mol. The zero-order valence-corrected chi connectivity index (χ0v) is 17.1. The van der Waals surface area contributed by atoms with Gasteiger partial charge < -0.3 is 27.3 Å². The Morgan fingerprint density at radius 2 is 1.04 bits per heavy atom. The number of rotatable bonds is 6. The lowest BCUT2D eigenvalue weighted by Gasteiger charge is -2.22. The van der Waals surface area contributed by atoms with Crippen LogP contribution in [-0.2, 0) is 0 Å². The standard InChI is InChI=1S/C16H14N2O6S4/c19-27(20,21)15-7-13(17-9-25)5-3-11(15)1-2-12-4-6-14(18-10-26)8-16(12)28(22,23)24/h1-8,19-24H/b2-1+. The lowest BCUT2D eigenvalue weighted by atomic mass is 10.1. The van der Waals surface area contributed by atoms with Gasteiger partial charge in [0, 0.05) is 0 Å². The van der Waals surface area contributed by atoms with Crippen molar-refractivity contribution in [3.63, 3.8) is 0 Å². The zero-order chi connectivity index (χ0) is 20.9. The highest BCUT2D eigenvalue weighted by molar-refractivity contribution is 8.19. The van der Waals surface area contributed by atoms with Crippen LogP contribution in [0.15, 0.2) is 56.2 Å². The van der Waals surface area contributed by atoms with Crippen LogP contribution in [0.25, 0.3) is 12.2 Å². The van der Waals surface area contributed by atoms with E-state index in [0.29, 0.717) is 0 Å². The third-order valence-electron chi connectivity index (χ3n) is 3.38. The largest absolute Gasteiger partial charge is 0.304 e. The maximum Gasteiger partial charge on any atom is 0.113 e. The second kappa shape index (κ2) is 9.16. The quantitative estimate of drug-likeness (QED) is 0.163. The Bertz CT molecular complexity index is 935. The highest BCUT2D eigenvalue weighted by Gasteiger charge is 2.21. The van der Waals surface area contributed by atoms with E-state index in [1.807, 2.05) is 0 Å². The molecule has 0 heterocycles. The second-order valence-electron chi connectivity index (χ2n) is 5.22. The number of thiocarbonyl (C=S) groups is 2. The summed E-state index contributed by atoms with van der Waals surface area (Å²) in [5.41, 5.74) is 0.937. The molecule has 0 saturated carbocycles. The van der Waals surface area contributed by atoms with E-state index in [1.165, 1.54) is 48.6 Å². The molecule has 2 rings (SSSR count). The Morgan fingerprint density at radius 1 is 0.679 bits per heavy atom. The minimum absolute atomic E-state index is 0.214. The topological polar surface area (TPSA) is 146 Å². The highest BCUT2D eigenvalue weighted by Crippen LogP contribution is 2.49. The van der Waals surface area contributed by atoms with Crippen molar-refractivity contribution in [2.24, 2.45) is 9.98 Å². The van der Waals surface area contributed by atoms with Crippen molar-refractivity contribution in [1.29, 1.82) is 0 Å². The number of hydrogen-bond donors (Lipinski definition) is 6. The van der Waals surface area contributed by atoms with Crippen molar-refractivity contribution in [3.8, 4) is 0 Å². The monoisotopic (exact) mass is 458 g/mol. The normalized spacial score (nSPS) is 12.9. The molecule has 0 unspecified atom stereocenters. The molecule has 0 aliphatic carbocycles. The molecule has 2 aromatic rings. The summed E-state index contributed by atoms with van der Waals surface area (Å²) in [7, 11) is -8.16. The molecule has 12 heteroatoms. The van der Waals surface area contributed by atoms with Crippen LogP contribution >= 0.6 is 46.2 Å². The van der Waals surface area contributed by atoms with Crippen LogP contribution in [-0.4, -0.2) is 37.6 Å². The molecule has 0 atom stereocenters. The van der Waals surface area contributed by atoms with Crippen molar-refractivity contribution < 1.29 is 27.3 Å². The first kappa shape index (κ1) is 22.5. The molecule has 0 saturated heterocycles. The summed E-state index contributed by atoms with van der Waals surface area (Å²) in [6, 6.07) is 8.36. The van der Waals surface area contributed by atoms with Crippen LogP contribution in [0.3, 0.4) is 0 Å². The fourth-order valence-electron chi connectivity index (χ4n) is 2.22. The van der Waals surface area contributed by atoms with E-state index in [2.05, 4.69) is 44.7 Å². The van der Waals surface area contributed by atoms with Crippen LogP contribution in [0, 0.1) is 0 Å². The molecule has 28 heavy (non-hydrogen) atoms. The molecule has 0 aromatic heterocycles. The van der Waals surface area contributed by atoms with Crippen LogP contribution in [0.1, 0.15) is 11.1 Å². The summed E-state index contributed by atoms with van der Waals surface area (Å²) in [4.78, 5) is 7.00. The van der Waals surface area contributed by atoms with E-state index in [-0.39, 0.29) is 32.3 Å². The predicted molar refractivity (Wildman–Crippen MR) is 119 cm³/mol. The Kier molecular flexibility index (Phi) is 7.37. The van der Waals surface area contributed by atoms with Crippen molar-refractivity contribution in [2.75, 3.05) is 0 Å². The number of aliphatic imine (C=N–C) groups is 2. The lowest BCUT2D eigenvalue weighted by molar-refractivity contribution is 0.373. The van der Waals surface area contributed by atoms with Crippen molar-refractivity contribution in [1.82, 2.24) is 0 Å². The van der Waals surface area contributed by atoms with Gasteiger partial charge in [-0.15, -0.1) is 0 Å². The van der Waals surface area contributed by atoms with Gasteiger partial charge in [0.25, 0.3) is 0 Å². The van der Waals surface area contributed by atoms with E-state index in [0.717, 1.165) is 0 Å². The average molecular weight is 459 g/mol. The van der Waals surface area contributed by atoms with E-state index in [4.69, 9.17) is 0 Å². The summed E-state index contributed by atoms with van der Waals surface area (Å²) in [5, 5.41) is 4.26. The molecule has 8 nitrogen and oxygen atoms in total. The fourth-order valence-corrected chi connectivity index (χ4v) is 3.89. The van der Waals surface area contributed by atoms with Gasteiger partial charge in [0.05, 0.1) is 31.5 Å². The van der Waals surface area contributed by atoms with Gasteiger partial charge in [-0.25, -0.2) is 0 Å². The first-order valence-electron chi connectivity index (χ1n) is 7.19. The lowest BCUT2D eigenvalue weighted by Crippen LogP contribution is -1.99. The van der Waals surface area contributed by atoms with Crippen molar-refractivity contribution in [3.05, 3.63) is 47.5 Å². The fraction of sp³-hybridized carbons (Fsp3) is 0. The molecular formula is C16H14N2O6S4. The SMILES string of the molecule is OS(O)(O)c1cc(N=C=S)ccc1/C=C/c1ccc(N=C=S)cc1S(O)(O)O. The second-order valence-corrected chi connectivity index (χ2v) is 8.54. The number of hydrogen-bond acceptors (Lipinski definition) is 10. The number of isothiocyanates is 2. The smallest absolute Gasteiger partial charge is 0.113 e. The zero-order valence-electron chi connectivity index (χ0n) is 13.8. The van der Waals surface area contributed by atoms with Crippen LogP contribution in [0.4, 0.5) is 11.4 Å². The molecule has 6 N–H and O–H groups in total. The van der Waals surface area contributed by atoms with Crippen LogP contribution in [0.5, 0.6) is 0 Å². The highest BCUT2D eigenvalue weighted by atomic mass is 32.3. The number of benzene rings is 2.